The van der Waals surface area contributed by atoms with Crippen molar-refractivity contribution in [1.82, 2.24) is 15.2 Å². The lowest BCUT2D eigenvalue weighted by molar-refractivity contribution is -0.120. The van der Waals surface area contributed by atoms with Gasteiger partial charge in [-0.15, -0.1) is 0 Å². The van der Waals surface area contributed by atoms with Crippen molar-refractivity contribution in [3.63, 3.8) is 0 Å². The van der Waals surface area contributed by atoms with Gasteiger partial charge in [-0.1, -0.05) is 12.1 Å². The third-order valence-corrected chi connectivity index (χ3v) is 7.02. The van der Waals surface area contributed by atoms with Crippen LogP contribution in [0.5, 0.6) is 0 Å². The van der Waals surface area contributed by atoms with E-state index >= 15 is 0 Å². The number of carbonyl (C=O) groups is 2. The van der Waals surface area contributed by atoms with Crippen LogP contribution >= 0.6 is 0 Å². The summed E-state index contributed by atoms with van der Waals surface area (Å²) in [5, 5.41) is 4.19. The first-order valence-corrected chi connectivity index (χ1v) is 10.8. The molecule has 2 aromatic carbocycles. The van der Waals surface area contributed by atoms with Gasteiger partial charge in [-0.05, 0) is 74.6 Å². The smallest absolute Gasteiger partial charge is 0.254 e. The fourth-order valence-corrected chi connectivity index (χ4v) is 5.42. The minimum atomic E-state index is -0.552. The highest BCUT2D eigenvalue weighted by molar-refractivity contribution is 5.99. The van der Waals surface area contributed by atoms with Gasteiger partial charge in [-0.25, -0.2) is 4.39 Å². The van der Waals surface area contributed by atoms with E-state index < -0.39 is 11.6 Å². The summed E-state index contributed by atoms with van der Waals surface area (Å²) in [5.74, 6) is -0.431. The molecular formula is C25H26FN3O2. The van der Waals surface area contributed by atoms with Crippen molar-refractivity contribution >= 4 is 22.7 Å². The molecule has 2 amide bonds. The highest BCUT2D eigenvalue weighted by Crippen LogP contribution is 2.45. The van der Waals surface area contributed by atoms with E-state index in [9.17, 15) is 14.0 Å². The zero-order valence-corrected chi connectivity index (χ0v) is 17.8. The van der Waals surface area contributed by atoms with Crippen molar-refractivity contribution in [2.24, 2.45) is 0 Å². The summed E-state index contributed by atoms with van der Waals surface area (Å²) in [6.07, 6.45) is 2.65. The van der Waals surface area contributed by atoms with E-state index in [-0.39, 0.29) is 17.6 Å². The summed E-state index contributed by atoms with van der Waals surface area (Å²) in [6, 6.07) is 11.7. The summed E-state index contributed by atoms with van der Waals surface area (Å²) >= 11 is 0. The number of fused-ring (bicyclic) bond motifs is 1. The highest BCUT2D eigenvalue weighted by atomic mass is 19.1. The Labute approximate surface area is 180 Å². The van der Waals surface area contributed by atoms with Crippen LogP contribution in [0.4, 0.5) is 4.39 Å². The van der Waals surface area contributed by atoms with E-state index in [0.29, 0.717) is 24.9 Å². The van der Waals surface area contributed by atoms with Crippen LogP contribution in [0.25, 0.3) is 10.9 Å². The highest BCUT2D eigenvalue weighted by Gasteiger charge is 2.50. The quantitative estimate of drug-likeness (QED) is 0.640. The lowest BCUT2D eigenvalue weighted by atomic mass is 9.76. The number of nitrogens with zero attached hydrogens (tertiary/aromatic N) is 1. The van der Waals surface area contributed by atoms with Crippen LogP contribution in [0.1, 0.15) is 58.9 Å². The van der Waals surface area contributed by atoms with Gasteiger partial charge in [0.05, 0.1) is 11.6 Å². The lowest BCUT2D eigenvalue weighted by Crippen LogP contribution is -2.58. The number of piperidine rings is 1. The van der Waals surface area contributed by atoms with Crippen molar-refractivity contribution in [2.45, 2.75) is 51.1 Å². The Morgan fingerprint density at radius 2 is 2.00 bits per heavy atom. The lowest BCUT2D eigenvalue weighted by Gasteiger charge is -2.48. The van der Waals surface area contributed by atoms with Crippen LogP contribution in [0, 0.1) is 19.7 Å². The number of rotatable bonds is 2. The Morgan fingerprint density at radius 3 is 2.74 bits per heavy atom. The van der Waals surface area contributed by atoms with Crippen molar-refractivity contribution < 1.29 is 14.0 Å². The maximum atomic E-state index is 14.2. The van der Waals surface area contributed by atoms with Gasteiger partial charge >= 0.3 is 0 Å². The second kappa shape index (κ2) is 7.22. The van der Waals surface area contributed by atoms with Gasteiger partial charge in [0.15, 0.2) is 0 Å². The number of amides is 2. The van der Waals surface area contributed by atoms with Crippen LogP contribution < -0.4 is 5.32 Å². The number of H-pyrrole nitrogens is 1. The van der Waals surface area contributed by atoms with E-state index in [1.165, 1.54) is 12.1 Å². The third kappa shape index (κ3) is 3.21. The number of carbonyl (C=O) groups excluding carboxylic acids is 2. The number of hydrogen-bond acceptors (Lipinski definition) is 2. The van der Waals surface area contributed by atoms with E-state index in [2.05, 4.69) is 10.3 Å². The molecule has 0 radical (unpaired) electrons. The van der Waals surface area contributed by atoms with Gasteiger partial charge < -0.3 is 15.2 Å². The third-order valence-electron chi connectivity index (χ3n) is 7.02. The van der Waals surface area contributed by atoms with Crippen LogP contribution in [0.2, 0.25) is 0 Å². The normalized spacial score (nSPS) is 23.5. The maximum absolute atomic E-state index is 14.2. The Balaban J connectivity index is 1.59. The topological polar surface area (TPSA) is 65.2 Å². The van der Waals surface area contributed by atoms with E-state index in [1.807, 2.05) is 43.0 Å². The molecule has 2 fully saturated rings. The molecule has 3 heterocycles. The first kappa shape index (κ1) is 19.8. The number of aromatic amines is 1. The number of benzene rings is 2. The predicted molar refractivity (Wildman–Crippen MR) is 117 cm³/mol. The minimum absolute atomic E-state index is 0.00413. The second-order valence-electron chi connectivity index (χ2n) is 8.90. The second-order valence-corrected chi connectivity index (χ2v) is 8.90. The molecule has 0 saturated carbocycles. The number of aryl methyl sites for hydroxylation is 2. The van der Waals surface area contributed by atoms with Gasteiger partial charge in [0, 0.05) is 35.1 Å². The van der Waals surface area contributed by atoms with Crippen LogP contribution in [0.15, 0.2) is 42.5 Å². The molecule has 3 aromatic rings. The molecule has 5 nitrogen and oxygen atoms in total. The Hall–Kier alpha value is -3.15. The zero-order chi connectivity index (χ0) is 21.8. The maximum Gasteiger partial charge on any atom is 0.254 e. The molecule has 2 aliphatic heterocycles. The first-order chi connectivity index (χ1) is 14.9. The zero-order valence-electron chi connectivity index (χ0n) is 17.8. The average Bonchev–Trinajstić information content (AvgIpc) is 3.26. The molecule has 1 spiro atoms. The van der Waals surface area contributed by atoms with Crippen molar-refractivity contribution in [1.29, 1.82) is 0 Å². The van der Waals surface area contributed by atoms with Crippen molar-refractivity contribution in [3.05, 3.63) is 70.7 Å². The largest absolute Gasteiger partial charge is 0.358 e. The van der Waals surface area contributed by atoms with Crippen LogP contribution in [-0.2, 0) is 4.79 Å². The van der Waals surface area contributed by atoms with Gasteiger partial charge in [0.1, 0.15) is 5.82 Å². The first-order valence-electron chi connectivity index (χ1n) is 10.8. The van der Waals surface area contributed by atoms with Gasteiger partial charge in [0.25, 0.3) is 5.91 Å². The van der Waals surface area contributed by atoms with Crippen LogP contribution in [0.3, 0.4) is 0 Å². The fourth-order valence-electron chi connectivity index (χ4n) is 5.42. The molecule has 31 heavy (non-hydrogen) atoms. The predicted octanol–water partition coefficient (Wildman–Crippen LogP) is 4.55. The standard InChI is InChI=1S/C25H26FN3O2/c1-15-16(2)27-21-8-7-18(14-20(15)21)24(31)29-12-4-10-25(11-9-22(30)28-25)23(29)17-5-3-6-19(26)13-17/h3,5-8,13-14,23,27H,4,9-12H2,1-2H3,(H,28,30)/t23-,25+/m1/s1. The average molecular weight is 420 g/mol. The number of aromatic nitrogens is 1. The molecule has 0 bridgehead atoms. The molecule has 6 heteroatoms. The summed E-state index contributed by atoms with van der Waals surface area (Å²) in [5.41, 5.74) is 4.00. The minimum Gasteiger partial charge on any atom is -0.358 e. The summed E-state index contributed by atoms with van der Waals surface area (Å²) in [7, 11) is 0. The molecule has 2 N–H and O–H groups in total. The molecule has 2 saturated heterocycles. The van der Waals surface area contributed by atoms with E-state index in [1.54, 1.807) is 6.07 Å². The number of halogens is 1. The number of hydrogen-bond donors (Lipinski definition) is 2. The summed E-state index contributed by atoms with van der Waals surface area (Å²) in [4.78, 5) is 31.1. The summed E-state index contributed by atoms with van der Waals surface area (Å²) < 4.78 is 14.2. The molecule has 1 aromatic heterocycles. The molecule has 5 rings (SSSR count). The number of likely N-dealkylation sites (tertiary alicyclic amines) is 1. The molecular weight excluding hydrogens is 393 g/mol. The molecule has 160 valence electrons. The Kier molecular flexibility index (Phi) is 4.61. The van der Waals surface area contributed by atoms with E-state index in [4.69, 9.17) is 0 Å². The van der Waals surface area contributed by atoms with Crippen molar-refractivity contribution in [2.75, 3.05) is 6.54 Å². The SMILES string of the molecule is Cc1[nH]c2ccc(C(=O)N3CCC[C@]4(CCC(=O)N4)[C@H]3c3cccc(F)c3)cc2c1C. The van der Waals surface area contributed by atoms with Gasteiger partial charge in [-0.3, -0.25) is 9.59 Å². The molecule has 0 aliphatic carbocycles. The fraction of sp³-hybridized carbons (Fsp3) is 0.360. The number of nitrogens with one attached hydrogen (secondary N) is 2. The van der Waals surface area contributed by atoms with Crippen LogP contribution in [-0.4, -0.2) is 33.8 Å². The Morgan fingerprint density at radius 1 is 1.16 bits per heavy atom. The monoisotopic (exact) mass is 419 g/mol. The molecule has 2 aliphatic rings. The molecule has 0 unspecified atom stereocenters. The van der Waals surface area contributed by atoms with Gasteiger partial charge in [0.2, 0.25) is 5.91 Å². The van der Waals surface area contributed by atoms with Gasteiger partial charge in [-0.2, -0.15) is 0 Å². The molecule has 2 atom stereocenters. The van der Waals surface area contributed by atoms with E-state index in [0.717, 1.165) is 40.6 Å². The van der Waals surface area contributed by atoms with Crippen molar-refractivity contribution in [3.8, 4) is 0 Å². The Bertz CT molecular complexity index is 1200. The summed E-state index contributed by atoms with van der Waals surface area (Å²) in [6.45, 7) is 4.64.